The quantitative estimate of drug-likeness (QED) is 0.747. The highest BCUT2D eigenvalue weighted by Gasteiger charge is 2.00. The van der Waals surface area contributed by atoms with Gasteiger partial charge >= 0.3 is 0 Å². The minimum absolute atomic E-state index is 0.603. The van der Waals surface area contributed by atoms with E-state index in [0.29, 0.717) is 5.82 Å². The van der Waals surface area contributed by atoms with Crippen LogP contribution in [0.1, 0.15) is 0 Å². The molecule has 3 heteroatoms. The van der Waals surface area contributed by atoms with Gasteiger partial charge in [-0.05, 0) is 22.6 Å². The first-order valence-corrected chi connectivity index (χ1v) is 4.65. The fraction of sp³-hybridized carbons (Fsp3) is 0. The molecule has 0 aliphatic rings. The second-order valence-corrected chi connectivity index (χ2v) is 3.70. The highest BCUT2D eigenvalue weighted by Crippen LogP contribution is 2.22. The summed E-state index contributed by atoms with van der Waals surface area (Å²) in [4.78, 5) is 4.08. The molecule has 0 spiro atoms. The van der Waals surface area contributed by atoms with Crippen LogP contribution in [0.2, 0.25) is 0 Å². The van der Waals surface area contributed by atoms with Crippen LogP contribution >= 0.6 is 22.6 Å². The number of pyridine rings is 1. The molecule has 2 aromatic rings. The van der Waals surface area contributed by atoms with E-state index in [9.17, 15) is 0 Å². The molecule has 0 aliphatic carbocycles. The van der Waals surface area contributed by atoms with Gasteiger partial charge in [0.1, 0.15) is 5.82 Å². The van der Waals surface area contributed by atoms with E-state index in [4.69, 9.17) is 5.73 Å². The Bertz CT molecular complexity index is 385. The Balaban J connectivity index is 2.95. The van der Waals surface area contributed by atoms with Crippen molar-refractivity contribution in [1.29, 1.82) is 0 Å². The molecule has 0 bridgehead atoms. The molecule has 0 unspecified atom stereocenters. The van der Waals surface area contributed by atoms with Gasteiger partial charge in [-0.15, -0.1) is 0 Å². The number of halogens is 1. The van der Waals surface area contributed by atoms with Gasteiger partial charge in [0.05, 0.1) is 0 Å². The van der Waals surface area contributed by atoms with Gasteiger partial charge in [0, 0.05) is 20.5 Å². The molecular weight excluding hydrogens is 263 g/mol. The van der Waals surface area contributed by atoms with Crippen molar-refractivity contribution in [3.05, 3.63) is 34.0 Å². The first kappa shape index (κ1) is 7.79. The molecule has 1 heterocycles. The lowest BCUT2D eigenvalue weighted by Crippen LogP contribution is -1.92. The maximum Gasteiger partial charge on any atom is 0.131 e. The molecule has 0 aliphatic heterocycles. The van der Waals surface area contributed by atoms with Gasteiger partial charge in [-0.3, -0.25) is 0 Å². The number of fused-ring (bicyclic) bond motifs is 1. The molecule has 0 radical (unpaired) electrons. The number of nitrogens with two attached hydrogens (primary N) is 1. The summed E-state index contributed by atoms with van der Waals surface area (Å²) in [7, 11) is 0. The molecule has 0 amide bonds. The third-order valence-electron chi connectivity index (χ3n) is 1.78. The number of anilines is 1. The number of hydrogen-bond donors (Lipinski definition) is 1. The van der Waals surface area contributed by atoms with E-state index in [0.717, 1.165) is 8.96 Å². The minimum Gasteiger partial charge on any atom is -0.383 e. The summed E-state index contributed by atoms with van der Waals surface area (Å²) in [6.45, 7) is 0. The highest BCUT2D eigenvalue weighted by molar-refractivity contribution is 14.1. The summed E-state index contributed by atoms with van der Waals surface area (Å²) < 4.78 is 1.14. The summed E-state index contributed by atoms with van der Waals surface area (Å²) in [5.41, 5.74) is 5.71. The van der Waals surface area contributed by atoms with Crippen LogP contribution in [-0.2, 0) is 0 Å². The highest BCUT2D eigenvalue weighted by atomic mass is 127. The molecule has 2 rings (SSSR count). The predicted molar refractivity (Wildman–Crippen MR) is 58.9 cm³/mol. The molecule has 12 heavy (non-hydrogen) atoms. The number of nitrogen functional groups attached to an aromatic ring is 1. The molecule has 1 aromatic heterocycles. The van der Waals surface area contributed by atoms with Crippen LogP contribution in [0.15, 0.2) is 30.5 Å². The molecule has 2 nitrogen and oxygen atoms in total. The third-order valence-corrected chi connectivity index (χ3v) is 2.64. The topological polar surface area (TPSA) is 38.9 Å². The fourth-order valence-electron chi connectivity index (χ4n) is 1.18. The van der Waals surface area contributed by atoms with E-state index in [1.54, 1.807) is 6.20 Å². The van der Waals surface area contributed by atoms with Crippen molar-refractivity contribution in [3.63, 3.8) is 0 Å². The number of aromatic nitrogens is 1. The zero-order valence-electron chi connectivity index (χ0n) is 6.29. The maximum absolute atomic E-state index is 5.71. The summed E-state index contributed by atoms with van der Waals surface area (Å²) in [6, 6.07) is 8.01. The Hall–Kier alpha value is -0.840. The lowest BCUT2D eigenvalue weighted by atomic mass is 10.2. The molecule has 0 saturated heterocycles. The average molecular weight is 270 g/mol. The smallest absolute Gasteiger partial charge is 0.131 e. The van der Waals surface area contributed by atoms with Crippen LogP contribution in [0.5, 0.6) is 0 Å². The first-order valence-electron chi connectivity index (χ1n) is 3.58. The minimum atomic E-state index is 0.603. The molecule has 0 atom stereocenters. The molecular formula is C9H7IN2. The summed E-state index contributed by atoms with van der Waals surface area (Å²) in [6.07, 6.45) is 1.79. The van der Waals surface area contributed by atoms with Crippen LogP contribution in [0.25, 0.3) is 10.8 Å². The Labute approximate surface area is 83.9 Å². The van der Waals surface area contributed by atoms with E-state index in [1.165, 1.54) is 5.39 Å². The SMILES string of the molecule is Nc1ncc(I)c2ccccc12. The van der Waals surface area contributed by atoms with Gasteiger partial charge in [0.25, 0.3) is 0 Å². The van der Waals surface area contributed by atoms with Crippen LogP contribution in [0, 0.1) is 3.57 Å². The molecule has 2 N–H and O–H groups in total. The van der Waals surface area contributed by atoms with Gasteiger partial charge in [-0.1, -0.05) is 24.3 Å². The Morgan fingerprint density at radius 1 is 1.17 bits per heavy atom. The van der Waals surface area contributed by atoms with Crippen LogP contribution < -0.4 is 5.73 Å². The monoisotopic (exact) mass is 270 g/mol. The van der Waals surface area contributed by atoms with Crippen molar-refractivity contribution in [2.24, 2.45) is 0 Å². The van der Waals surface area contributed by atoms with Crippen molar-refractivity contribution >= 4 is 39.2 Å². The zero-order chi connectivity index (χ0) is 8.55. The van der Waals surface area contributed by atoms with Crippen molar-refractivity contribution in [2.75, 3.05) is 5.73 Å². The Morgan fingerprint density at radius 2 is 1.83 bits per heavy atom. The molecule has 1 aromatic carbocycles. The van der Waals surface area contributed by atoms with Crippen molar-refractivity contribution in [2.45, 2.75) is 0 Å². The van der Waals surface area contributed by atoms with Crippen LogP contribution in [-0.4, -0.2) is 4.98 Å². The lowest BCUT2D eigenvalue weighted by molar-refractivity contribution is 1.35. The van der Waals surface area contributed by atoms with Gasteiger partial charge in [0.15, 0.2) is 0 Å². The molecule has 60 valence electrons. The Kier molecular flexibility index (Phi) is 1.88. The third kappa shape index (κ3) is 1.14. The predicted octanol–water partition coefficient (Wildman–Crippen LogP) is 2.42. The number of nitrogens with zero attached hydrogens (tertiary/aromatic N) is 1. The summed E-state index contributed by atoms with van der Waals surface area (Å²) in [5, 5.41) is 2.20. The normalized spacial score (nSPS) is 10.4. The number of benzene rings is 1. The summed E-state index contributed by atoms with van der Waals surface area (Å²) in [5.74, 6) is 0.603. The van der Waals surface area contributed by atoms with Crippen molar-refractivity contribution < 1.29 is 0 Å². The molecule has 0 fully saturated rings. The Morgan fingerprint density at radius 3 is 2.50 bits per heavy atom. The lowest BCUT2D eigenvalue weighted by Gasteiger charge is -2.01. The average Bonchev–Trinajstić information content (AvgIpc) is 2.12. The fourth-order valence-corrected chi connectivity index (χ4v) is 1.79. The number of rotatable bonds is 0. The van der Waals surface area contributed by atoms with E-state index in [1.807, 2.05) is 18.2 Å². The second kappa shape index (κ2) is 2.90. The largest absolute Gasteiger partial charge is 0.383 e. The van der Waals surface area contributed by atoms with Gasteiger partial charge in [-0.25, -0.2) is 4.98 Å². The van der Waals surface area contributed by atoms with E-state index in [2.05, 4.69) is 33.6 Å². The van der Waals surface area contributed by atoms with Gasteiger partial charge in [0.2, 0.25) is 0 Å². The van der Waals surface area contributed by atoms with Gasteiger partial charge < -0.3 is 5.73 Å². The van der Waals surface area contributed by atoms with Gasteiger partial charge in [-0.2, -0.15) is 0 Å². The van der Waals surface area contributed by atoms with Crippen molar-refractivity contribution in [1.82, 2.24) is 4.98 Å². The summed E-state index contributed by atoms with van der Waals surface area (Å²) >= 11 is 2.26. The van der Waals surface area contributed by atoms with Crippen LogP contribution in [0.4, 0.5) is 5.82 Å². The second-order valence-electron chi connectivity index (χ2n) is 2.54. The number of hydrogen-bond acceptors (Lipinski definition) is 2. The maximum atomic E-state index is 5.71. The van der Waals surface area contributed by atoms with E-state index >= 15 is 0 Å². The van der Waals surface area contributed by atoms with Crippen LogP contribution in [0.3, 0.4) is 0 Å². The first-order chi connectivity index (χ1) is 5.79. The van der Waals surface area contributed by atoms with E-state index < -0.39 is 0 Å². The standard InChI is InChI=1S/C9H7IN2/c10-8-5-12-9(11)7-4-2-1-3-6(7)8/h1-5H,(H2,11,12). The zero-order valence-corrected chi connectivity index (χ0v) is 8.45. The molecule has 0 saturated carbocycles. The van der Waals surface area contributed by atoms with E-state index in [-0.39, 0.29) is 0 Å². The van der Waals surface area contributed by atoms with Crippen molar-refractivity contribution in [3.8, 4) is 0 Å².